The van der Waals surface area contributed by atoms with Gasteiger partial charge in [-0.2, -0.15) is 0 Å². The Balaban J connectivity index is 2.84. The first kappa shape index (κ1) is 11.1. The van der Waals surface area contributed by atoms with Gasteiger partial charge in [0.1, 0.15) is 5.82 Å². The molecule has 0 atom stereocenters. The standard InChI is InChI=1S/C12H8BrFO2/c1-16-12(15)8-5-6-10(14)11-7(8)3-2-4-9(11)13/h2-6H,1H3. The molecule has 0 unspecified atom stereocenters. The second kappa shape index (κ2) is 4.22. The van der Waals surface area contributed by atoms with Gasteiger partial charge in [-0.15, -0.1) is 0 Å². The Hall–Kier alpha value is -1.42. The first-order chi connectivity index (χ1) is 7.65. The molecule has 0 aromatic heterocycles. The highest BCUT2D eigenvalue weighted by atomic mass is 79.9. The molecule has 2 aromatic carbocycles. The van der Waals surface area contributed by atoms with Gasteiger partial charge in [0, 0.05) is 15.2 Å². The van der Waals surface area contributed by atoms with Crippen LogP contribution in [0.5, 0.6) is 0 Å². The van der Waals surface area contributed by atoms with Crippen molar-refractivity contribution < 1.29 is 13.9 Å². The summed E-state index contributed by atoms with van der Waals surface area (Å²) in [7, 11) is 1.30. The Morgan fingerprint density at radius 2 is 2.06 bits per heavy atom. The summed E-state index contributed by atoms with van der Waals surface area (Å²) in [6.07, 6.45) is 0. The van der Waals surface area contributed by atoms with E-state index < -0.39 is 5.97 Å². The molecular formula is C12H8BrFO2. The zero-order chi connectivity index (χ0) is 11.7. The average Bonchev–Trinajstić information content (AvgIpc) is 2.28. The molecule has 0 bridgehead atoms. The third kappa shape index (κ3) is 1.69. The summed E-state index contributed by atoms with van der Waals surface area (Å²) in [4.78, 5) is 11.5. The van der Waals surface area contributed by atoms with Crippen molar-refractivity contribution in [3.05, 3.63) is 46.2 Å². The van der Waals surface area contributed by atoms with Gasteiger partial charge >= 0.3 is 5.97 Å². The second-order valence-electron chi connectivity index (χ2n) is 3.25. The van der Waals surface area contributed by atoms with Crippen LogP contribution in [0.4, 0.5) is 4.39 Å². The summed E-state index contributed by atoms with van der Waals surface area (Å²) in [6, 6.07) is 7.86. The summed E-state index contributed by atoms with van der Waals surface area (Å²) < 4.78 is 18.9. The molecule has 2 nitrogen and oxygen atoms in total. The van der Waals surface area contributed by atoms with Crippen LogP contribution in [0.1, 0.15) is 10.4 Å². The fourth-order valence-corrected chi connectivity index (χ4v) is 2.16. The van der Waals surface area contributed by atoms with Gasteiger partial charge in [-0.05, 0) is 18.2 Å². The number of esters is 1. The lowest BCUT2D eigenvalue weighted by molar-refractivity contribution is 0.0603. The predicted octanol–water partition coefficient (Wildman–Crippen LogP) is 3.53. The molecule has 2 rings (SSSR count). The minimum Gasteiger partial charge on any atom is -0.465 e. The largest absolute Gasteiger partial charge is 0.465 e. The monoisotopic (exact) mass is 282 g/mol. The highest BCUT2D eigenvalue weighted by Crippen LogP contribution is 2.29. The Kier molecular flexibility index (Phi) is 2.92. The van der Waals surface area contributed by atoms with Gasteiger partial charge in [-0.3, -0.25) is 0 Å². The summed E-state index contributed by atoms with van der Waals surface area (Å²) in [5.41, 5.74) is 0.361. The van der Waals surface area contributed by atoms with Crippen LogP contribution in [0, 0.1) is 5.82 Å². The topological polar surface area (TPSA) is 26.3 Å². The first-order valence-corrected chi connectivity index (χ1v) is 5.39. The van der Waals surface area contributed by atoms with E-state index >= 15 is 0 Å². The minimum atomic E-state index is -0.469. The minimum absolute atomic E-state index is 0.361. The Bertz CT molecular complexity index is 558. The van der Waals surface area contributed by atoms with Gasteiger partial charge < -0.3 is 4.74 Å². The van der Waals surface area contributed by atoms with Crippen molar-refractivity contribution in [1.82, 2.24) is 0 Å². The molecule has 4 heteroatoms. The van der Waals surface area contributed by atoms with E-state index in [2.05, 4.69) is 20.7 Å². The van der Waals surface area contributed by atoms with Crippen molar-refractivity contribution in [3.63, 3.8) is 0 Å². The van der Waals surface area contributed by atoms with E-state index in [0.717, 1.165) is 0 Å². The fourth-order valence-electron chi connectivity index (χ4n) is 1.61. The number of ether oxygens (including phenoxy) is 1. The Labute approximate surface area is 100 Å². The van der Waals surface area contributed by atoms with Gasteiger partial charge in [0.2, 0.25) is 0 Å². The van der Waals surface area contributed by atoms with Crippen molar-refractivity contribution in [2.24, 2.45) is 0 Å². The van der Waals surface area contributed by atoms with E-state index in [1.165, 1.54) is 19.2 Å². The van der Waals surface area contributed by atoms with Crippen LogP contribution in [-0.4, -0.2) is 13.1 Å². The fraction of sp³-hybridized carbons (Fsp3) is 0.0833. The number of carbonyl (C=O) groups excluding carboxylic acids is 1. The van der Waals surface area contributed by atoms with E-state index in [0.29, 0.717) is 20.8 Å². The number of benzene rings is 2. The highest BCUT2D eigenvalue weighted by molar-refractivity contribution is 9.10. The number of rotatable bonds is 1. The summed E-state index contributed by atoms with van der Waals surface area (Å²) in [6.45, 7) is 0. The lowest BCUT2D eigenvalue weighted by atomic mass is 10.0. The zero-order valence-electron chi connectivity index (χ0n) is 8.46. The Morgan fingerprint density at radius 3 is 2.75 bits per heavy atom. The normalized spacial score (nSPS) is 10.4. The number of fused-ring (bicyclic) bond motifs is 1. The average molecular weight is 283 g/mol. The molecule has 0 N–H and O–H groups in total. The number of methoxy groups -OCH3 is 1. The van der Waals surface area contributed by atoms with Gasteiger partial charge in [0.25, 0.3) is 0 Å². The van der Waals surface area contributed by atoms with Crippen LogP contribution in [0.15, 0.2) is 34.8 Å². The van der Waals surface area contributed by atoms with E-state index in [1.807, 2.05) is 0 Å². The molecule has 0 amide bonds. The molecule has 0 radical (unpaired) electrons. The van der Waals surface area contributed by atoms with Crippen molar-refractivity contribution >= 4 is 32.7 Å². The molecule has 82 valence electrons. The number of hydrogen-bond acceptors (Lipinski definition) is 2. The lowest BCUT2D eigenvalue weighted by Crippen LogP contribution is -2.02. The lowest BCUT2D eigenvalue weighted by Gasteiger charge is -2.06. The molecule has 0 aliphatic carbocycles. The second-order valence-corrected chi connectivity index (χ2v) is 4.10. The van der Waals surface area contributed by atoms with E-state index in [9.17, 15) is 9.18 Å². The molecule has 0 saturated heterocycles. The molecule has 0 fully saturated rings. The maximum absolute atomic E-state index is 13.6. The first-order valence-electron chi connectivity index (χ1n) is 4.60. The molecule has 0 aliphatic rings. The number of hydrogen-bond donors (Lipinski definition) is 0. The molecule has 2 aromatic rings. The van der Waals surface area contributed by atoms with E-state index in [1.54, 1.807) is 18.2 Å². The Morgan fingerprint density at radius 1 is 1.31 bits per heavy atom. The summed E-state index contributed by atoms with van der Waals surface area (Å²) in [5.74, 6) is -0.835. The van der Waals surface area contributed by atoms with Gasteiger partial charge in [0.05, 0.1) is 12.7 Å². The summed E-state index contributed by atoms with van der Waals surface area (Å²) in [5, 5.41) is 0.937. The van der Waals surface area contributed by atoms with E-state index in [4.69, 9.17) is 0 Å². The van der Waals surface area contributed by atoms with Crippen molar-refractivity contribution in [1.29, 1.82) is 0 Å². The highest BCUT2D eigenvalue weighted by Gasteiger charge is 2.14. The molecule has 0 spiro atoms. The third-order valence-electron chi connectivity index (χ3n) is 2.34. The van der Waals surface area contributed by atoms with Crippen LogP contribution in [-0.2, 0) is 4.74 Å². The number of halogens is 2. The third-order valence-corrected chi connectivity index (χ3v) is 3.01. The van der Waals surface area contributed by atoms with Crippen LogP contribution in [0.3, 0.4) is 0 Å². The SMILES string of the molecule is COC(=O)c1ccc(F)c2c(Br)cccc12. The van der Waals surface area contributed by atoms with Gasteiger partial charge in [-0.1, -0.05) is 28.1 Å². The van der Waals surface area contributed by atoms with Crippen LogP contribution in [0.25, 0.3) is 10.8 Å². The quantitative estimate of drug-likeness (QED) is 0.748. The van der Waals surface area contributed by atoms with Gasteiger partial charge in [0.15, 0.2) is 0 Å². The molecule has 0 saturated carbocycles. The smallest absolute Gasteiger partial charge is 0.338 e. The van der Waals surface area contributed by atoms with Gasteiger partial charge in [-0.25, -0.2) is 9.18 Å². The van der Waals surface area contributed by atoms with Crippen molar-refractivity contribution in [3.8, 4) is 0 Å². The van der Waals surface area contributed by atoms with Crippen molar-refractivity contribution in [2.45, 2.75) is 0 Å². The van der Waals surface area contributed by atoms with Crippen LogP contribution < -0.4 is 0 Å². The molecule has 16 heavy (non-hydrogen) atoms. The molecule has 0 aliphatic heterocycles. The van der Waals surface area contributed by atoms with Crippen LogP contribution in [0.2, 0.25) is 0 Å². The predicted molar refractivity (Wildman–Crippen MR) is 62.9 cm³/mol. The summed E-state index contributed by atoms with van der Waals surface area (Å²) >= 11 is 3.26. The van der Waals surface area contributed by atoms with E-state index in [-0.39, 0.29) is 5.82 Å². The van der Waals surface area contributed by atoms with Crippen LogP contribution >= 0.6 is 15.9 Å². The zero-order valence-corrected chi connectivity index (χ0v) is 10.0. The molecular weight excluding hydrogens is 275 g/mol. The maximum atomic E-state index is 13.6. The number of carbonyl (C=O) groups is 1. The molecule has 0 heterocycles. The maximum Gasteiger partial charge on any atom is 0.338 e. The van der Waals surface area contributed by atoms with Crippen molar-refractivity contribution in [2.75, 3.05) is 7.11 Å².